The number of halogens is 1. The average Bonchev–Trinajstić information content (AvgIpc) is 4.15. The van der Waals surface area contributed by atoms with Crippen molar-refractivity contribution in [2.45, 2.75) is 76.3 Å². The third-order valence-corrected chi connectivity index (χ3v) is 19.4. The quantitative estimate of drug-likeness (QED) is 0.0746. The molecule has 6 aliphatic heterocycles. The molecule has 9 heterocycles. The first kappa shape index (κ1) is 53.6. The van der Waals surface area contributed by atoms with Crippen LogP contribution in [0.5, 0.6) is 5.75 Å². The molecule has 3 N–H and O–H groups in total. The number of aryl methyl sites for hydroxylation is 1. The molecule has 0 saturated carbocycles. The molecule has 0 aliphatic carbocycles. The summed E-state index contributed by atoms with van der Waals surface area (Å²) in [6.07, 6.45) is 18.0. The maximum Gasteiger partial charge on any atom is 0.262 e. The van der Waals surface area contributed by atoms with Gasteiger partial charge in [0.15, 0.2) is 5.82 Å². The van der Waals surface area contributed by atoms with Crippen molar-refractivity contribution in [1.82, 2.24) is 49.7 Å². The van der Waals surface area contributed by atoms with Gasteiger partial charge in [-0.15, -0.1) is 0 Å². The van der Waals surface area contributed by atoms with E-state index in [4.69, 9.17) is 21.3 Å². The van der Waals surface area contributed by atoms with Gasteiger partial charge in [0.2, 0.25) is 17.8 Å². The molecular formula is C58H68ClN14O6P. The number of nitrogens with zero attached hydrogens (tertiary/aromatic N) is 11. The molecule has 5 saturated heterocycles. The van der Waals surface area contributed by atoms with Crippen molar-refractivity contribution in [2.75, 3.05) is 99.8 Å². The first-order valence-electron chi connectivity index (χ1n) is 28.0. The summed E-state index contributed by atoms with van der Waals surface area (Å²) in [6, 6.07) is 12.9. The van der Waals surface area contributed by atoms with E-state index in [0.29, 0.717) is 68.3 Å². The van der Waals surface area contributed by atoms with Crippen LogP contribution < -0.4 is 35.8 Å². The molecule has 22 heteroatoms. The first-order valence-corrected chi connectivity index (χ1v) is 31.0. The van der Waals surface area contributed by atoms with E-state index in [9.17, 15) is 23.7 Å². The van der Waals surface area contributed by atoms with E-state index in [-0.39, 0.29) is 29.2 Å². The van der Waals surface area contributed by atoms with Crippen LogP contribution in [0.25, 0.3) is 22.2 Å². The second-order valence-corrected chi connectivity index (χ2v) is 26.6. The number of nitrogens with one attached hydrogen (secondary N) is 3. The molecule has 6 aliphatic rings. The van der Waals surface area contributed by atoms with Gasteiger partial charge in [0, 0.05) is 99.4 Å². The lowest BCUT2D eigenvalue weighted by molar-refractivity contribution is -0.136. The first-order chi connectivity index (χ1) is 38.6. The maximum atomic E-state index is 13.6. The predicted octanol–water partition coefficient (Wildman–Crippen LogP) is 7.68. The van der Waals surface area contributed by atoms with E-state index in [1.807, 2.05) is 48.4 Å². The SMILES string of the molecule is COc1cc(N2CCC(N3CCC(CN4CCC5(CCCN(c6ccc7c(c6)C(=O)N(C6CCC(=O)NC6=O)C7=O)C5)CC4)CC3)CC2)c(-c2cnn(C)c2)cc1Nc1ncc(Cl)c(Nc2ccc3nccnc3c2P(C)(C)=O)n1. The summed E-state index contributed by atoms with van der Waals surface area (Å²) >= 11 is 6.70. The van der Waals surface area contributed by atoms with Crippen LogP contribution in [-0.4, -0.2) is 159 Å². The van der Waals surface area contributed by atoms with Gasteiger partial charge in [-0.05, 0) is 145 Å². The Kier molecular flexibility index (Phi) is 14.6. The molecule has 1 unspecified atom stereocenters. The number of fused-ring (bicyclic) bond motifs is 2. The van der Waals surface area contributed by atoms with Crippen LogP contribution in [0.3, 0.4) is 0 Å². The Hall–Kier alpha value is -6.99. The van der Waals surface area contributed by atoms with Gasteiger partial charge in [0.05, 0.1) is 52.8 Å². The highest BCUT2D eigenvalue weighted by Gasteiger charge is 2.46. The fourth-order valence-electron chi connectivity index (χ4n) is 13.4. The smallest absolute Gasteiger partial charge is 0.262 e. The fraction of sp³-hybridized carbons (Fsp3) is 0.466. The lowest BCUT2D eigenvalue weighted by atomic mass is 9.72. The van der Waals surface area contributed by atoms with Crippen LogP contribution in [0.15, 0.2) is 73.4 Å². The number of piperidine rings is 5. The summed E-state index contributed by atoms with van der Waals surface area (Å²) in [5.74, 6) is 0.0421. The minimum absolute atomic E-state index is 0.0975. The largest absolute Gasteiger partial charge is 0.494 e. The number of anilines is 6. The number of benzene rings is 3. The second-order valence-electron chi connectivity index (χ2n) is 23.0. The summed E-state index contributed by atoms with van der Waals surface area (Å²) in [5, 5.41) is 14.4. The highest BCUT2D eigenvalue weighted by atomic mass is 35.5. The highest BCUT2D eigenvalue weighted by molar-refractivity contribution is 7.71. The van der Waals surface area contributed by atoms with Gasteiger partial charge in [-0.1, -0.05) is 11.6 Å². The number of carbonyl (C=O) groups is 4. The third kappa shape index (κ3) is 10.6. The average molecular weight is 1120 g/mol. The van der Waals surface area contributed by atoms with Crippen molar-refractivity contribution >= 4 is 93.2 Å². The van der Waals surface area contributed by atoms with E-state index < -0.39 is 30.9 Å². The third-order valence-electron chi connectivity index (χ3n) is 17.6. The van der Waals surface area contributed by atoms with Gasteiger partial charge < -0.3 is 39.5 Å². The van der Waals surface area contributed by atoms with E-state index in [0.717, 1.165) is 118 Å². The number of amides is 4. The topological polar surface area (TPSA) is 216 Å². The summed E-state index contributed by atoms with van der Waals surface area (Å²) < 4.78 is 21.5. The number of ether oxygens (including phenoxy) is 1. The van der Waals surface area contributed by atoms with E-state index in [1.165, 1.54) is 25.5 Å². The summed E-state index contributed by atoms with van der Waals surface area (Å²) in [4.78, 5) is 81.0. The van der Waals surface area contributed by atoms with E-state index in [1.54, 1.807) is 38.9 Å². The zero-order valence-corrected chi connectivity index (χ0v) is 47.4. The molecule has 12 rings (SSSR count). The molecule has 0 bridgehead atoms. The molecule has 4 amide bonds. The van der Waals surface area contributed by atoms with Crippen molar-refractivity contribution in [3.05, 3.63) is 89.6 Å². The summed E-state index contributed by atoms with van der Waals surface area (Å²) in [6.45, 7) is 12.6. The van der Waals surface area contributed by atoms with Crippen LogP contribution in [0.4, 0.5) is 34.5 Å². The Morgan fingerprint density at radius 3 is 2.31 bits per heavy atom. The highest BCUT2D eigenvalue weighted by Crippen LogP contribution is 2.45. The van der Waals surface area contributed by atoms with Crippen LogP contribution in [-0.2, 0) is 21.2 Å². The molecule has 80 heavy (non-hydrogen) atoms. The molecule has 20 nitrogen and oxygen atoms in total. The number of likely N-dealkylation sites (tertiary alicyclic amines) is 2. The lowest BCUT2D eigenvalue weighted by Crippen LogP contribution is -2.54. The number of aromatic nitrogens is 6. The van der Waals surface area contributed by atoms with Gasteiger partial charge in [0.1, 0.15) is 29.5 Å². The number of rotatable bonds is 13. The van der Waals surface area contributed by atoms with Gasteiger partial charge in [0.25, 0.3) is 11.8 Å². The van der Waals surface area contributed by atoms with Crippen LogP contribution in [0.2, 0.25) is 5.02 Å². The lowest BCUT2D eigenvalue weighted by Gasteiger charge is -2.49. The number of hydrogen-bond acceptors (Lipinski definition) is 17. The van der Waals surface area contributed by atoms with Crippen molar-refractivity contribution in [3.63, 3.8) is 0 Å². The summed E-state index contributed by atoms with van der Waals surface area (Å²) in [7, 11) is 0.751. The Labute approximate surface area is 470 Å². The van der Waals surface area contributed by atoms with E-state index >= 15 is 0 Å². The number of hydrogen-bond donors (Lipinski definition) is 3. The van der Waals surface area contributed by atoms with E-state index in [2.05, 4.69) is 67.7 Å². The minimum Gasteiger partial charge on any atom is -0.494 e. The zero-order chi connectivity index (χ0) is 55.5. The number of carbonyl (C=O) groups excluding carboxylic acids is 4. The van der Waals surface area contributed by atoms with Crippen LogP contribution in [0.1, 0.15) is 84.9 Å². The number of methoxy groups -OCH3 is 1. The molecule has 418 valence electrons. The normalized spacial score (nSPS) is 20.7. The second kappa shape index (κ2) is 21.8. The monoisotopic (exact) mass is 1120 g/mol. The minimum atomic E-state index is -2.84. The van der Waals surface area contributed by atoms with Gasteiger partial charge >= 0.3 is 0 Å². The molecular weight excluding hydrogens is 1060 g/mol. The Bertz CT molecular complexity index is 3460. The fourth-order valence-corrected chi connectivity index (χ4v) is 14.9. The standard InChI is InChI=1S/C58H68ClN14O6P/c1-68-34-37(31-63-68)41-29-46(65-57-62-32-43(59)53(67-57)64-45-9-8-44-51(61-20-19-60-44)52(45)80(3,4)78)49(79-2)30-48(41)71-24-14-38(15-25-71)70-22-12-36(13-23-70)33-69-26-17-58(18-27-69)16-5-21-72(35-58)39-6-7-40-42(28-39)56(77)73(55(40)76)47-10-11-50(74)66-54(47)75/h6-9,19-20,28-32,34,36,38,47H,5,10-18,21-27,33,35H2,1-4H3,(H,66,74,75)(H2,62,64,65,67). The van der Waals surface area contributed by atoms with Crippen LogP contribution >= 0.6 is 18.7 Å². The van der Waals surface area contributed by atoms with Crippen molar-refractivity contribution in [1.29, 1.82) is 0 Å². The van der Waals surface area contributed by atoms with Crippen molar-refractivity contribution < 1.29 is 28.5 Å². The zero-order valence-electron chi connectivity index (χ0n) is 45.8. The Morgan fingerprint density at radius 1 is 0.800 bits per heavy atom. The summed E-state index contributed by atoms with van der Waals surface area (Å²) in [5.41, 5.74) is 7.34. The number of imide groups is 2. The molecule has 0 radical (unpaired) electrons. The molecule has 6 aromatic rings. The van der Waals surface area contributed by atoms with Crippen molar-refractivity contribution in [2.24, 2.45) is 18.4 Å². The molecule has 3 aromatic carbocycles. The maximum absolute atomic E-state index is 13.6. The molecule has 1 atom stereocenters. The van der Waals surface area contributed by atoms with Crippen LogP contribution in [0, 0.1) is 11.3 Å². The molecule has 3 aromatic heterocycles. The predicted molar refractivity (Wildman–Crippen MR) is 310 cm³/mol. The van der Waals surface area contributed by atoms with Gasteiger partial charge in [-0.2, -0.15) is 10.1 Å². The van der Waals surface area contributed by atoms with Gasteiger partial charge in [-0.3, -0.25) is 44.0 Å². The molecule has 1 spiro atoms. The Balaban J connectivity index is 0.649. The van der Waals surface area contributed by atoms with Gasteiger partial charge in [-0.25, -0.2) is 4.98 Å². The molecule has 5 fully saturated rings. The van der Waals surface area contributed by atoms with Crippen molar-refractivity contribution in [3.8, 4) is 16.9 Å². The Morgan fingerprint density at radius 2 is 1.57 bits per heavy atom.